The summed E-state index contributed by atoms with van der Waals surface area (Å²) in [6.45, 7) is 2.07. The predicted molar refractivity (Wildman–Crippen MR) is 131 cm³/mol. The van der Waals surface area contributed by atoms with Gasteiger partial charge in [-0.25, -0.2) is 9.97 Å². The van der Waals surface area contributed by atoms with Crippen molar-refractivity contribution < 1.29 is 9.59 Å². The summed E-state index contributed by atoms with van der Waals surface area (Å²) >= 11 is 0. The minimum Gasteiger partial charge on any atom is -0.356 e. The molecule has 3 aromatic heterocycles. The molecule has 2 N–H and O–H groups in total. The van der Waals surface area contributed by atoms with Crippen molar-refractivity contribution in [3.8, 4) is 5.82 Å². The Morgan fingerprint density at radius 1 is 1.06 bits per heavy atom. The fourth-order valence-corrected chi connectivity index (χ4v) is 4.27. The van der Waals surface area contributed by atoms with Crippen LogP contribution in [0.1, 0.15) is 24.8 Å². The van der Waals surface area contributed by atoms with Gasteiger partial charge in [0, 0.05) is 43.8 Å². The van der Waals surface area contributed by atoms with Gasteiger partial charge in [-0.05, 0) is 42.7 Å². The van der Waals surface area contributed by atoms with Crippen LogP contribution >= 0.6 is 0 Å². The standard InChI is InChI=1S/C25H26N8O2/c34-24(27-11-4-14-32-13-3-7-25(32)35)15-18-16-33(20-6-2-1-5-19(18)20)23-9-8-22(30-31-23)29-21-10-12-26-17-28-21/h1-2,5-6,8-10,12,16-17H,3-4,7,11,13-15H2,(H,27,34)(H,26,28,29,30). The fourth-order valence-electron chi connectivity index (χ4n) is 4.27. The quantitative estimate of drug-likeness (QED) is 0.361. The van der Waals surface area contributed by atoms with E-state index in [9.17, 15) is 9.59 Å². The molecule has 1 aliphatic rings. The Balaban J connectivity index is 1.25. The zero-order valence-electron chi connectivity index (χ0n) is 19.2. The van der Waals surface area contributed by atoms with E-state index in [-0.39, 0.29) is 18.2 Å². The smallest absolute Gasteiger partial charge is 0.224 e. The molecule has 0 bridgehead atoms. The van der Waals surface area contributed by atoms with Gasteiger partial charge in [-0.3, -0.25) is 14.2 Å². The molecule has 0 aliphatic carbocycles. The van der Waals surface area contributed by atoms with Crippen molar-refractivity contribution in [1.29, 1.82) is 0 Å². The fraction of sp³-hybridized carbons (Fsp3) is 0.280. The highest BCUT2D eigenvalue weighted by Crippen LogP contribution is 2.25. The molecule has 10 nitrogen and oxygen atoms in total. The molecule has 1 fully saturated rings. The highest BCUT2D eigenvalue weighted by Gasteiger charge is 2.19. The van der Waals surface area contributed by atoms with Gasteiger partial charge in [-0.1, -0.05) is 18.2 Å². The highest BCUT2D eigenvalue weighted by molar-refractivity contribution is 5.90. The number of carbonyl (C=O) groups excluding carboxylic acids is 2. The van der Waals surface area contributed by atoms with Crippen LogP contribution in [-0.4, -0.2) is 61.1 Å². The Kier molecular flexibility index (Phi) is 6.60. The lowest BCUT2D eigenvalue weighted by Gasteiger charge is -2.15. The Labute approximate surface area is 202 Å². The molecule has 0 atom stereocenters. The largest absolute Gasteiger partial charge is 0.356 e. The molecular weight excluding hydrogens is 444 g/mol. The van der Waals surface area contributed by atoms with Gasteiger partial charge in [0.1, 0.15) is 12.1 Å². The van der Waals surface area contributed by atoms with E-state index in [1.165, 1.54) is 6.33 Å². The molecule has 10 heteroatoms. The summed E-state index contributed by atoms with van der Waals surface area (Å²) in [7, 11) is 0. The molecular formula is C25H26N8O2. The molecule has 0 saturated carbocycles. The molecule has 1 saturated heterocycles. The Morgan fingerprint density at radius 2 is 1.97 bits per heavy atom. The SMILES string of the molecule is O=C(Cc1cn(-c2ccc(Nc3ccncn3)nn2)c2ccccc12)NCCCN1CCCC1=O. The highest BCUT2D eigenvalue weighted by atomic mass is 16.2. The maximum absolute atomic E-state index is 12.6. The number of fused-ring (bicyclic) bond motifs is 1. The van der Waals surface area contributed by atoms with E-state index in [4.69, 9.17) is 0 Å². The number of benzene rings is 1. The van der Waals surface area contributed by atoms with Crippen molar-refractivity contribution in [3.63, 3.8) is 0 Å². The molecule has 1 aliphatic heterocycles. The summed E-state index contributed by atoms with van der Waals surface area (Å²) in [6, 6.07) is 13.4. The second kappa shape index (κ2) is 10.3. The van der Waals surface area contributed by atoms with Crippen molar-refractivity contribution in [3.05, 3.63) is 66.7 Å². The first kappa shape index (κ1) is 22.5. The number of nitrogens with zero attached hydrogens (tertiary/aromatic N) is 6. The Morgan fingerprint density at radius 3 is 2.74 bits per heavy atom. The molecule has 0 unspecified atom stereocenters. The molecule has 1 aromatic carbocycles. The van der Waals surface area contributed by atoms with Crippen LogP contribution in [0.5, 0.6) is 0 Å². The van der Waals surface area contributed by atoms with Crippen LogP contribution in [0, 0.1) is 0 Å². The van der Waals surface area contributed by atoms with Crippen LogP contribution in [0.4, 0.5) is 11.6 Å². The van der Waals surface area contributed by atoms with Crippen molar-refractivity contribution >= 4 is 34.4 Å². The van der Waals surface area contributed by atoms with Crippen molar-refractivity contribution in [2.75, 3.05) is 25.0 Å². The van der Waals surface area contributed by atoms with Gasteiger partial charge in [0.15, 0.2) is 11.6 Å². The molecule has 35 heavy (non-hydrogen) atoms. The van der Waals surface area contributed by atoms with Crippen LogP contribution in [-0.2, 0) is 16.0 Å². The third-order valence-electron chi connectivity index (χ3n) is 5.98. The minimum absolute atomic E-state index is 0.0452. The van der Waals surface area contributed by atoms with Crippen molar-refractivity contribution in [2.24, 2.45) is 0 Å². The van der Waals surface area contributed by atoms with Gasteiger partial charge >= 0.3 is 0 Å². The normalized spacial score (nSPS) is 13.4. The maximum atomic E-state index is 12.6. The van der Waals surface area contributed by atoms with E-state index < -0.39 is 0 Å². The van der Waals surface area contributed by atoms with Crippen LogP contribution in [0.15, 0.2) is 61.2 Å². The van der Waals surface area contributed by atoms with Crippen LogP contribution in [0.2, 0.25) is 0 Å². The Hall–Kier alpha value is -4.34. The van der Waals surface area contributed by atoms with Crippen LogP contribution < -0.4 is 10.6 Å². The lowest BCUT2D eigenvalue weighted by atomic mass is 10.1. The molecule has 2 amide bonds. The van der Waals surface area contributed by atoms with E-state index in [0.29, 0.717) is 37.0 Å². The average Bonchev–Trinajstić information content (AvgIpc) is 3.46. The lowest BCUT2D eigenvalue weighted by Crippen LogP contribution is -2.31. The van der Waals surface area contributed by atoms with E-state index in [0.717, 1.165) is 35.9 Å². The van der Waals surface area contributed by atoms with Gasteiger partial charge in [0.25, 0.3) is 0 Å². The van der Waals surface area contributed by atoms with E-state index in [2.05, 4.69) is 30.8 Å². The first-order valence-corrected chi connectivity index (χ1v) is 11.7. The molecule has 4 heterocycles. The lowest BCUT2D eigenvalue weighted by molar-refractivity contribution is -0.127. The Bertz CT molecular complexity index is 1320. The second-order valence-corrected chi connectivity index (χ2v) is 8.40. The number of amides is 2. The number of rotatable bonds is 9. The van der Waals surface area contributed by atoms with Gasteiger partial charge in [0.2, 0.25) is 11.8 Å². The summed E-state index contributed by atoms with van der Waals surface area (Å²) < 4.78 is 1.94. The van der Waals surface area contributed by atoms with E-state index >= 15 is 0 Å². The third kappa shape index (κ3) is 5.26. The summed E-state index contributed by atoms with van der Waals surface area (Å²) in [5.74, 6) is 2.02. The molecule has 4 aromatic rings. The summed E-state index contributed by atoms with van der Waals surface area (Å²) in [5, 5.41) is 15.7. The molecule has 5 rings (SSSR count). The molecule has 0 radical (unpaired) electrons. The second-order valence-electron chi connectivity index (χ2n) is 8.40. The number of nitrogens with one attached hydrogen (secondary N) is 2. The molecule has 0 spiro atoms. The summed E-state index contributed by atoms with van der Waals surface area (Å²) in [5.41, 5.74) is 1.87. The predicted octanol–water partition coefficient (Wildman–Crippen LogP) is 2.63. The topological polar surface area (TPSA) is 118 Å². The summed E-state index contributed by atoms with van der Waals surface area (Å²) in [6.07, 6.45) is 7.64. The number of anilines is 2. The first-order chi connectivity index (χ1) is 17.2. The van der Waals surface area contributed by atoms with E-state index in [1.54, 1.807) is 12.3 Å². The average molecular weight is 471 g/mol. The first-order valence-electron chi connectivity index (χ1n) is 11.7. The maximum Gasteiger partial charge on any atom is 0.224 e. The number of aromatic nitrogens is 5. The monoisotopic (exact) mass is 470 g/mol. The van der Waals surface area contributed by atoms with E-state index in [1.807, 2.05) is 52.1 Å². The van der Waals surface area contributed by atoms with Gasteiger partial charge in [-0.15, -0.1) is 10.2 Å². The van der Waals surface area contributed by atoms with Gasteiger partial charge in [-0.2, -0.15) is 0 Å². The van der Waals surface area contributed by atoms with Crippen molar-refractivity contribution in [2.45, 2.75) is 25.7 Å². The number of para-hydroxylation sites is 1. The molecule has 178 valence electrons. The van der Waals surface area contributed by atoms with Crippen molar-refractivity contribution in [1.82, 2.24) is 34.9 Å². The number of hydrogen-bond donors (Lipinski definition) is 2. The zero-order valence-corrected chi connectivity index (χ0v) is 19.2. The van der Waals surface area contributed by atoms with Crippen LogP contribution in [0.25, 0.3) is 16.7 Å². The zero-order chi connectivity index (χ0) is 24.0. The third-order valence-corrected chi connectivity index (χ3v) is 5.98. The van der Waals surface area contributed by atoms with Gasteiger partial charge < -0.3 is 15.5 Å². The number of hydrogen-bond acceptors (Lipinski definition) is 7. The minimum atomic E-state index is -0.0452. The number of carbonyl (C=O) groups is 2. The van der Waals surface area contributed by atoms with Crippen LogP contribution in [0.3, 0.4) is 0 Å². The summed E-state index contributed by atoms with van der Waals surface area (Å²) in [4.78, 5) is 34.2. The van der Waals surface area contributed by atoms with Gasteiger partial charge in [0.05, 0.1) is 11.9 Å². The number of likely N-dealkylation sites (tertiary alicyclic amines) is 1.